The Kier molecular flexibility index (Phi) is 8.78. The van der Waals surface area contributed by atoms with E-state index in [1.807, 2.05) is 0 Å². The number of hydrogen-bond acceptors (Lipinski definition) is 3. The molecule has 1 aliphatic heterocycles. The van der Waals surface area contributed by atoms with Gasteiger partial charge in [0.25, 0.3) is 0 Å². The lowest BCUT2D eigenvalue weighted by Crippen LogP contribution is -2.75. The molecule has 308 valence electrons. The summed E-state index contributed by atoms with van der Waals surface area (Å²) in [5, 5.41) is 13.2. The summed E-state index contributed by atoms with van der Waals surface area (Å²) >= 11 is 0. The molecule has 0 unspecified atom stereocenters. The lowest BCUT2D eigenvalue weighted by Gasteiger charge is -2.36. The lowest BCUT2D eigenvalue weighted by atomic mass is 10.2. The summed E-state index contributed by atoms with van der Waals surface area (Å²) in [6, 6.07) is 73.7. The number of nitrogens with zero attached hydrogens (tertiary/aromatic N) is 5. The molecular formula is C56H47N5Si3. The molecule has 11 aromatic rings. The van der Waals surface area contributed by atoms with Crippen molar-refractivity contribution < 1.29 is 0 Å². The summed E-state index contributed by atoms with van der Waals surface area (Å²) in [5.74, 6) is 1.96. The van der Waals surface area contributed by atoms with E-state index < -0.39 is 24.2 Å². The second-order valence-electron chi connectivity index (χ2n) is 18.7. The van der Waals surface area contributed by atoms with Gasteiger partial charge in [-0.25, -0.2) is 0 Å². The molecule has 0 spiro atoms. The highest BCUT2D eigenvalue weighted by atomic mass is 28.4. The molecule has 0 N–H and O–H groups in total. The van der Waals surface area contributed by atoms with Crippen LogP contribution in [-0.4, -0.2) is 48.3 Å². The quantitative estimate of drug-likeness (QED) is 0.119. The maximum Gasteiger partial charge on any atom is 0.240 e. The highest BCUT2D eigenvalue weighted by Gasteiger charge is 2.49. The zero-order valence-corrected chi connectivity index (χ0v) is 39.5. The van der Waals surface area contributed by atoms with E-state index >= 15 is 0 Å². The Morgan fingerprint density at radius 1 is 0.391 bits per heavy atom. The molecule has 64 heavy (non-hydrogen) atoms. The predicted molar refractivity (Wildman–Crippen MR) is 277 cm³/mol. The van der Waals surface area contributed by atoms with Crippen LogP contribution in [0.25, 0.3) is 66.9 Å². The Bertz CT molecular complexity index is 3260. The van der Waals surface area contributed by atoms with E-state index in [9.17, 15) is 0 Å². The molecule has 4 heterocycles. The fraction of sp³-hybridized carbons (Fsp3) is 0.0893. The first-order chi connectivity index (χ1) is 31.2. The van der Waals surface area contributed by atoms with Gasteiger partial charge in [-0.1, -0.05) is 213 Å². The molecule has 0 saturated heterocycles. The SMILES string of the molecule is C[Si]1(C)C[Si](C)(C)c2c(-c3nc(-n4c5ccccc5c5ccccc54)nc(-n4c5ccccc5c5ccccc54)n3)cc([Si](c3ccccc3)(c3ccccc3)c3ccccc3)cc21. The van der Waals surface area contributed by atoms with E-state index in [0.29, 0.717) is 11.9 Å². The van der Waals surface area contributed by atoms with Gasteiger partial charge in [0, 0.05) is 27.1 Å². The monoisotopic (exact) mass is 873 g/mol. The van der Waals surface area contributed by atoms with Crippen molar-refractivity contribution in [2.75, 3.05) is 0 Å². The molecule has 0 aliphatic carbocycles. The number of para-hydroxylation sites is 4. The number of fused-ring (bicyclic) bond motifs is 7. The van der Waals surface area contributed by atoms with Gasteiger partial charge in [0.05, 0.1) is 38.2 Å². The minimum Gasteiger partial charge on any atom is -0.278 e. The molecule has 8 heteroatoms. The van der Waals surface area contributed by atoms with Gasteiger partial charge in [0.15, 0.2) is 13.9 Å². The van der Waals surface area contributed by atoms with Crippen molar-refractivity contribution in [1.29, 1.82) is 0 Å². The molecule has 1 aliphatic rings. The first-order valence-corrected chi connectivity index (χ1v) is 30.8. The van der Waals surface area contributed by atoms with Crippen LogP contribution in [0.3, 0.4) is 0 Å². The first kappa shape index (κ1) is 38.7. The lowest BCUT2D eigenvalue weighted by molar-refractivity contribution is 0.893. The summed E-state index contributed by atoms with van der Waals surface area (Å²) in [6.45, 7) is 10.3. The van der Waals surface area contributed by atoms with Gasteiger partial charge in [-0.2, -0.15) is 15.0 Å². The van der Waals surface area contributed by atoms with E-state index in [2.05, 4.69) is 236 Å². The molecule has 0 saturated carbocycles. The summed E-state index contributed by atoms with van der Waals surface area (Å²) < 4.78 is 4.52. The van der Waals surface area contributed by atoms with Gasteiger partial charge < -0.3 is 0 Å². The molecule has 8 aromatic carbocycles. The van der Waals surface area contributed by atoms with Gasteiger partial charge in [-0.3, -0.25) is 9.13 Å². The standard InChI is InChI=1S/C56H47N5Si3/c1-62(2)38-63(3,4)53-47(36-42(37-52(53)62)64(39-22-8-5-9-23-39,40-24-10-6-11-25-40)41-26-12-7-13-27-41)54-57-55(60-48-32-18-14-28-43(48)44-29-15-19-33-49(44)60)59-56(58-54)61-50-34-20-16-30-45(50)46-31-17-21-35-51(46)61/h5-37H,38H2,1-4H3. The van der Waals surface area contributed by atoms with Crippen LogP contribution in [0.1, 0.15) is 0 Å². The number of benzene rings is 8. The Hall–Kier alpha value is -6.98. The van der Waals surface area contributed by atoms with Crippen molar-refractivity contribution in [3.63, 3.8) is 0 Å². The zero-order chi connectivity index (χ0) is 43.2. The maximum atomic E-state index is 5.73. The summed E-state index contributed by atoms with van der Waals surface area (Å²) in [4.78, 5) is 17.0. The van der Waals surface area contributed by atoms with Crippen molar-refractivity contribution >= 4 is 99.0 Å². The van der Waals surface area contributed by atoms with Crippen LogP contribution >= 0.6 is 0 Å². The number of rotatable bonds is 7. The zero-order valence-electron chi connectivity index (χ0n) is 36.5. The Balaban J connectivity index is 1.25. The van der Waals surface area contributed by atoms with Crippen molar-refractivity contribution in [1.82, 2.24) is 24.1 Å². The van der Waals surface area contributed by atoms with Crippen molar-refractivity contribution in [2.45, 2.75) is 31.9 Å². The summed E-state index contributed by atoms with van der Waals surface area (Å²) in [6.07, 6.45) is 0. The molecule has 0 bridgehead atoms. The van der Waals surface area contributed by atoms with Gasteiger partial charge in [0.1, 0.15) is 0 Å². The molecule has 12 rings (SSSR count). The number of hydrogen-bond donors (Lipinski definition) is 0. The van der Waals surface area contributed by atoms with Gasteiger partial charge in [-0.05, 0) is 50.2 Å². The molecule has 0 fully saturated rings. The van der Waals surface area contributed by atoms with Gasteiger partial charge in [-0.15, -0.1) is 0 Å². The van der Waals surface area contributed by atoms with E-state index in [1.54, 1.807) is 5.19 Å². The fourth-order valence-corrected chi connectivity index (χ4v) is 32.0. The first-order valence-electron chi connectivity index (χ1n) is 22.3. The van der Waals surface area contributed by atoms with Gasteiger partial charge >= 0.3 is 0 Å². The van der Waals surface area contributed by atoms with Crippen LogP contribution in [-0.2, 0) is 0 Å². The average molecular weight is 874 g/mol. The average Bonchev–Trinajstić information content (AvgIpc) is 3.92. The normalized spacial score (nSPS) is 14.4. The Labute approximate surface area is 376 Å². The molecule has 0 atom stereocenters. The van der Waals surface area contributed by atoms with Crippen LogP contribution in [0.5, 0.6) is 0 Å². The largest absolute Gasteiger partial charge is 0.278 e. The van der Waals surface area contributed by atoms with Gasteiger partial charge in [0.2, 0.25) is 11.9 Å². The Morgan fingerprint density at radius 2 is 0.750 bits per heavy atom. The molecular weight excluding hydrogens is 827 g/mol. The minimum atomic E-state index is -2.94. The van der Waals surface area contributed by atoms with Crippen LogP contribution in [0.2, 0.25) is 31.9 Å². The minimum absolute atomic E-state index is 0.616. The third-order valence-corrected chi connectivity index (χ3v) is 29.7. The third-order valence-electron chi connectivity index (χ3n) is 13.9. The van der Waals surface area contributed by atoms with E-state index in [4.69, 9.17) is 15.0 Å². The van der Waals surface area contributed by atoms with Crippen molar-refractivity contribution in [3.05, 3.63) is 200 Å². The fourth-order valence-electron chi connectivity index (χ4n) is 11.6. The predicted octanol–water partition coefficient (Wildman–Crippen LogP) is 9.49. The molecule has 0 radical (unpaired) electrons. The van der Waals surface area contributed by atoms with E-state index in [-0.39, 0.29) is 0 Å². The second kappa shape index (κ2) is 14.5. The van der Waals surface area contributed by atoms with E-state index in [1.165, 1.54) is 53.1 Å². The smallest absolute Gasteiger partial charge is 0.240 e. The Morgan fingerprint density at radius 3 is 1.14 bits per heavy atom. The summed E-state index contributed by atoms with van der Waals surface area (Å²) in [5.41, 5.74) is 6.71. The van der Waals surface area contributed by atoms with Crippen LogP contribution in [0, 0.1) is 0 Å². The molecule has 5 nitrogen and oxygen atoms in total. The van der Waals surface area contributed by atoms with Crippen LogP contribution in [0.4, 0.5) is 0 Å². The second-order valence-corrected chi connectivity index (χ2v) is 32.5. The van der Waals surface area contributed by atoms with Crippen LogP contribution < -0.4 is 31.1 Å². The van der Waals surface area contributed by atoms with Crippen molar-refractivity contribution in [3.8, 4) is 23.3 Å². The highest BCUT2D eigenvalue weighted by Crippen LogP contribution is 2.36. The van der Waals surface area contributed by atoms with E-state index in [0.717, 1.165) is 33.5 Å². The molecule has 0 amide bonds. The maximum absolute atomic E-state index is 5.73. The summed E-state index contributed by atoms with van der Waals surface area (Å²) in [7, 11) is -6.91. The van der Waals surface area contributed by atoms with Crippen molar-refractivity contribution in [2.24, 2.45) is 0 Å². The third kappa shape index (κ3) is 5.76. The number of aromatic nitrogens is 5. The topological polar surface area (TPSA) is 48.5 Å². The van der Waals surface area contributed by atoms with Crippen LogP contribution in [0.15, 0.2) is 200 Å². The highest BCUT2D eigenvalue weighted by molar-refractivity contribution is 7.21. The molecule has 3 aromatic heterocycles.